The number of para-hydroxylation sites is 1. The summed E-state index contributed by atoms with van der Waals surface area (Å²) < 4.78 is 5.72. The van der Waals surface area contributed by atoms with Crippen LogP contribution in [0.25, 0.3) is 0 Å². The van der Waals surface area contributed by atoms with Crippen molar-refractivity contribution in [1.82, 2.24) is 10.2 Å². The SMILES string of the molecule is Cc1ccccc1OCC(=O)N(Cc1ccc(Cl)cc1)C(C)C(=O)NC(C)(C)C. The second kappa shape index (κ2) is 9.79. The third-order valence-corrected chi connectivity index (χ3v) is 4.63. The van der Waals surface area contributed by atoms with Crippen LogP contribution in [0.4, 0.5) is 0 Å². The topological polar surface area (TPSA) is 58.6 Å². The van der Waals surface area contributed by atoms with Gasteiger partial charge in [-0.1, -0.05) is 41.9 Å². The number of hydrogen-bond donors (Lipinski definition) is 1. The Hall–Kier alpha value is -2.53. The lowest BCUT2D eigenvalue weighted by Crippen LogP contribution is -2.53. The molecule has 1 atom stereocenters. The van der Waals surface area contributed by atoms with Crippen LogP contribution in [-0.2, 0) is 16.1 Å². The molecular weight excluding hydrogens is 388 g/mol. The Balaban J connectivity index is 2.18. The predicted octanol–water partition coefficient (Wildman–Crippen LogP) is 4.36. The summed E-state index contributed by atoms with van der Waals surface area (Å²) in [5, 5.41) is 3.56. The highest BCUT2D eigenvalue weighted by Gasteiger charge is 2.28. The second-order valence-electron chi connectivity index (χ2n) is 8.12. The highest BCUT2D eigenvalue weighted by atomic mass is 35.5. The summed E-state index contributed by atoms with van der Waals surface area (Å²) in [6.07, 6.45) is 0. The van der Waals surface area contributed by atoms with Crippen molar-refractivity contribution in [3.63, 3.8) is 0 Å². The van der Waals surface area contributed by atoms with Gasteiger partial charge in [-0.2, -0.15) is 0 Å². The van der Waals surface area contributed by atoms with E-state index in [1.807, 2.05) is 64.1 Å². The number of ether oxygens (including phenoxy) is 1. The number of carbonyl (C=O) groups is 2. The van der Waals surface area contributed by atoms with Gasteiger partial charge in [0.15, 0.2) is 6.61 Å². The number of carbonyl (C=O) groups excluding carboxylic acids is 2. The maximum atomic E-state index is 13.0. The van der Waals surface area contributed by atoms with Crippen LogP contribution in [0.15, 0.2) is 48.5 Å². The van der Waals surface area contributed by atoms with E-state index >= 15 is 0 Å². The first-order valence-corrected chi connectivity index (χ1v) is 9.99. The van der Waals surface area contributed by atoms with Gasteiger partial charge in [-0.05, 0) is 63.9 Å². The zero-order chi connectivity index (χ0) is 21.6. The molecule has 2 aromatic carbocycles. The highest BCUT2D eigenvalue weighted by Crippen LogP contribution is 2.18. The van der Waals surface area contributed by atoms with E-state index in [4.69, 9.17) is 16.3 Å². The lowest BCUT2D eigenvalue weighted by Gasteiger charge is -2.31. The Morgan fingerprint density at radius 2 is 1.72 bits per heavy atom. The first-order valence-electron chi connectivity index (χ1n) is 9.61. The highest BCUT2D eigenvalue weighted by molar-refractivity contribution is 6.30. The molecular formula is C23H29ClN2O3. The third-order valence-electron chi connectivity index (χ3n) is 4.38. The first-order chi connectivity index (χ1) is 13.6. The number of rotatable bonds is 7. The van der Waals surface area contributed by atoms with Gasteiger partial charge in [-0.15, -0.1) is 0 Å². The van der Waals surface area contributed by atoms with Gasteiger partial charge in [0.05, 0.1) is 0 Å². The van der Waals surface area contributed by atoms with E-state index in [2.05, 4.69) is 5.32 Å². The van der Waals surface area contributed by atoms with E-state index in [1.165, 1.54) is 4.90 Å². The van der Waals surface area contributed by atoms with Gasteiger partial charge in [0.2, 0.25) is 5.91 Å². The molecule has 2 aromatic rings. The van der Waals surface area contributed by atoms with Crippen LogP contribution >= 0.6 is 11.6 Å². The zero-order valence-electron chi connectivity index (χ0n) is 17.7. The van der Waals surface area contributed by atoms with Gasteiger partial charge in [0.25, 0.3) is 5.91 Å². The van der Waals surface area contributed by atoms with Gasteiger partial charge in [0, 0.05) is 17.1 Å². The molecule has 156 valence electrons. The average Bonchev–Trinajstić information content (AvgIpc) is 2.64. The number of hydrogen-bond acceptors (Lipinski definition) is 3. The lowest BCUT2D eigenvalue weighted by atomic mass is 10.1. The summed E-state index contributed by atoms with van der Waals surface area (Å²) in [6, 6.07) is 14.1. The standard InChI is InChI=1S/C23H29ClN2O3/c1-16-8-6-7-9-20(16)29-15-21(27)26(14-18-10-12-19(24)13-11-18)17(2)22(28)25-23(3,4)5/h6-13,17H,14-15H2,1-5H3,(H,25,28). The van der Waals surface area contributed by atoms with Gasteiger partial charge < -0.3 is 15.0 Å². The molecule has 0 saturated heterocycles. The van der Waals surface area contributed by atoms with Crippen molar-refractivity contribution >= 4 is 23.4 Å². The number of halogens is 1. The van der Waals surface area contributed by atoms with Crippen LogP contribution < -0.4 is 10.1 Å². The normalized spacial score (nSPS) is 12.2. The first kappa shape index (κ1) is 22.8. The molecule has 2 rings (SSSR count). The monoisotopic (exact) mass is 416 g/mol. The second-order valence-corrected chi connectivity index (χ2v) is 8.55. The van der Waals surface area contributed by atoms with Crippen LogP contribution in [-0.4, -0.2) is 34.9 Å². The summed E-state index contributed by atoms with van der Waals surface area (Å²) in [4.78, 5) is 27.2. The zero-order valence-corrected chi connectivity index (χ0v) is 18.4. The lowest BCUT2D eigenvalue weighted by molar-refractivity contribution is -0.142. The van der Waals surface area contributed by atoms with Crippen molar-refractivity contribution in [2.45, 2.75) is 52.7 Å². The minimum Gasteiger partial charge on any atom is -0.484 e. The number of aryl methyl sites for hydroxylation is 1. The molecule has 0 bridgehead atoms. The Kier molecular flexibility index (Phi) is 7.68. The number of nitrogens with one attached hydrogen (secondary N) is 1. The Morgan fingerprint density at radius 1 is 1.10 bits per heavy atom. The maximum absolute atomic E-state index is 13.0. The summed E-state index contributed by atoms with van der Waals surface area (Å²) in [6.45, 7) is 9.50. The quantitative estimate of drug-likeness (QED) is 0.729. The van der Waals surface area contributed by atoms with Crippen molar-refractivity contribution in [3.05, 3.63) is 64.7 Å². The van der Waals surface area contributed by atoms with Crippen LogP contribution in [0, 0.1) is 6.92 Å². The van der Waals surface area contributed by atoms with E-state index in [1.54, 1.807) is 19.1 Å². The molecule has 2 amide bonds. The Labute approximate surface area is 178 Å². The fraction of sp³-hybridized carbons (Fsp3) is 0.391. The van der Waals surface area contributed by atoms with Crippen molar-refractivity contribution in [1.29, 1.82) is 0 Å². The van der Waals surface area contributed by atoms with Gasteiger partial charge in [-0.3, -0.25) is 9.59 Å². The third kappa shape index (κ3) is 7.09. The summed E-state index contributed by atoms with van der Waals surface area (Å²) in [7, 11) is 0. The van der Waals surface area contributed by atoms with E-state index < -0.39 is 11.6 Å². The molecule has 5 nitrogen and oxygen atoms in total. The van der Waals surface area contributed by atoms with E-state index in [9.17, 15) is 9.59 Å². The molecule has 6 heteroatoms. The predicted molar refractivity (Wildman–Crippen MR) is 116 cm³/mol. The van der Waals surface area contributed by atoms with Crippen LogP contribution in [0.2, 0.25) is 5.02 Å². The van der Waals surface area contributed by atoms with Gasteiger partial charge in [-0.25, -0.2) is 0 Å². The summed E-state index contributed by atoms with van der Waals surface area (Å²) >= 11 is 5.96. The fourth-order valence-corrected chi connectivity index (χ4v) is 2.91. The minimum absolute atomic E-state index is 0.147. The molecule has 0 aliphatic rings. The molecule has 0 aliphatic carbocycles. The van der Waals surface area contributed by atoms with Gasteiger partial charge >= 0.3 is 0 Å². The summed E-state index contributed by atoms with van der Waals surface area (Å²) in [5.41, 5.74) is 1.44. The largest absolute Gasteiger partial charge is 0.484 e. The van der Waals surface area contributed by atoms with Gasteiger partial charge in [0.1, 0.15) is 11.8 Å². The Morgan fingerprint density at radius 3 is 2.31 bits per heavy atom. The van der Waals surface area contributed by atoms with Crippen molar-refractivity contribution < 1.29 is 14.3 Å². The molecule has 0 radical (unpaired) electrons. The molecule has 1 unspecified atom stereocenters. The maximum Gasteiger partial charge on any atom is 0.261 e. The number of amides is 2. The Bertz CT molecular complexity index is 844. The molecule has 29 heavy (non-hydrogen) atoms. The molecule has 0 fully saturated rings. The molecule has 0 spiro atoms. The molecule has 0 aliphatic heterocycles. The number of benzene rings is 2. The fourth-order valence-electron chi connectivity index (χ4n) is 2.78. The van der Waals surface area contributed by atoms with Crippen molar-refractivity contribution in [3.8, 4) is 5.75 Å². The van der Waals surface area contributed by atoms with E-state index in [0.29, 0.717) is 10.8 Å². The summed E-state index contributed by atoms with van der Waals surface area (Å²) in [5.74, 6) is 0.176. The van der Waals surface area contributed by atoms with E-state index in [-0.39, 0.29) is 25.0 Å². The van der Waals surface area contributed by atoms with E-state index in [0.717, 1.165) is 11.1 Å². The molecule has 0 aromatic heterocycles. The van der Waals surface area contributed by atoms with Crippen LogP contribution in [0.5, 0.6) is 5.75 Å². The van der Waals surface area contributed by atoms with Crippen LogP contribution in [0.1, 0.15) is 38.8 Å². The van der Waals surface area contributed by atoms with Crippen molar-refractivity contribution in [2.75, 3.05) is 6.61 Å². The molecule has 1 N–H and O–H groups in total. The average molecular weight is 417 g/mol. The molecule has 0 saturated carbocycles. The minimum atomic E-state index is -0.655. The number of nitrogens with zero attached hydrogens (tertiary/aromatic N) is 1. The van der Waals surface area contributed by atoms with Crippen molar-refractivity contribution in [2.24, 2.45) is 0 Å². The smallest absolute Gasteiger partial charge is 0.261 e. The van der Waals surface area contributed by atoms with Crippen LogP contribution in [0.3, 0.4) is 0 Å². The molecule has 0 heterocycles.